The summed E-state index contributed by atoms with van der Waals surface area (Å²) in [6.07, 6.45) is 2.13. The zero-order valence-electron chi connectivity index (χ0n) is 18.6. The van der Waals surface area contributed by atoms with Gasteiger partial charge in [-0.2, -0.15) is 13.2 Å². The zero-order valence-corrected chi connectivity index (χ0v) is 20.2. The van der Waals surface area contributed by atoms with Gasteiger partial charge in [-0.25, -0.2) is 31.6 Å². The summed E-state index contributed by atoms with van der Waals surface area (Å²) in [6.45, 7) is 0. The molecule has 2 aromatic rings. The summed E-state index contributed by atoms with van der Waals surface area (Å²) in [4.78, 5) is 32.9. The number of carbonyl (C=O) groups excluding carboxylic acids is 2. The first-order valence-corrected chi connectivity index (χ1v) is 12.5. The molecule has 8 nitrogen and oxygen atoms in total. The molecule has 37 heavy (non-hydrogen) atoms. The van der Waals surface area contributed by atoms with Crippen LogP contribution in [0.3, 0.4) is 0 Å². The van der Waals surface area contributed by atoms with Gasteiger partial charge in [0.2, 0.25) is 11.8 Å². The first-order chi connectivity index (χ1) is 17.1. The number of hydrogen-bond acceptors (Lipinski definition) is 6. The predicted molar refractivity (Wildman–Crippen MR) is 118 cm³/mol. The molecule has 1 aromatic heterocycles. The number of alkyl halides is 7. The number of aromatic nitrogens is 2. The Balaban J connectivity index is 2.03. The molecule has 0 saturated heterocycles. The van der Waals surface area contributed by atoms with Crippen LogP contribution in [0, 0.1) is 0 Å². The molecular weight excluding hydrogens is 554 g/mol. The normalized spacial score (nSPS) is 18.0. The maximum Gasteiger partial charge on any atom is 0.501 e. The van der Waals surface area contributed by atoms with Crippen molar-refractivity contribution >= 4 is 38.9 Å². The summed E-state index contributed by atoms with van der Waals surface area (Å²) in [5, 5.41) is 2.52. The number of rotatable bonds is 7. The van der Waals surface area contributed by atoms with Crippen molar-refractivity contribution in [2.45, 2.75) is 59.7 Å². The Hall–Kier alpha value is -2.94. The van der Waals surface area contributed by atoms with Crippen molar-refractivity contribution in [2.75, 3.05) is 4.90 Å². The molecular formula is C21H19ClF6N4O4S. The van der Waals surface area contributed by atoms with E-state index in [1.165, 1.54) is 0 Å². The molecule has 2 amide bonds. The standard InChI is InChI=1S/C21H19ClF6N4O4S/c22-17(23)19(34)32(14-1-3-15(4-2-14)37(35,36)21(26,27)28)16(12-9-29-11-30-10-12)18(33)31-13-5-7-20(24,25)8-6-13/h1-4,9-11,13,16-17H,5-8H2,(H,31,33)/t16-,17+/m1/s1. The highest BCUT2D eigenvalue weighted by Crippen LogP contribution is 2.36. The fraction of sp³-hybridized carbons (Fsp3) is 0.429. The van der Waals surface area contributed by atoms with Crippen LogP contribution in [0.2, 0.25) is 0 Å². The largest absolute Gasteiger partial charge is 0.501 e. The number of nitrogens with zero attached hydrogens (tertiary/aromatic N) is 3. The maximum atomic E-state index is 14.0. The Morgan fingerprint density at radius 3 is 2.11 bits per heavy atom. The van der Waals surface area contributed by atoms with Crippen LogP contribution in [0.15, 0.2) is 47.9 Å². The van der Waals surface area contributed by atoms with Gasteiger partial charge in [0.1, 0.15) is 12.4 Å². The summed E-state index contributed by atoms with van der Waals surface area (Å²) in [5.74, 6) is -5.36. The molecule has 16 heteroatoms. The van der Waals surface area contributed by atoms with Gasteiger partial charge in [-0.05, 0) is 37.1 Å². The van der Waals surface area contributed by atoms with Crippen LogP contribution in [-0.2, 0) is 19.4 Å². The molecule has 1 aliphatic rings. The van der Waals surface area contributed by atoms with Crippen LogP contribution in [0.1, 0.15) is 37.3 Å². The van der Waals surface area contributed by atoms with Gasteiger partial charge in [-0.1, -0.05) is 11.6 Å². The lowest BCUT2D eigenvalue weighted by Crippen LogP contribution is -2.49. The second kappa shape index (κ2) is 10.8. The SMILES string of the molecule is O=C(NC1CCC(F)(F)CC1)[C@@H](c1cncnc1)N(C(=O)[C@H](F)Cl)c1ccc(S(=O)(=O)C(F)(F)F)cc1. The summed E-state index contributed by atoms with van der Waals surface area (Å²) < 4.78 is 103. The Morgan fingerprint density at radius 1 is 1.08 bits per heavy atom. The van der Waals surface area contributed by atoms with Crippen LogP contribution in [-0.4, -0.2) is 53.3 Å². The molecule has 0 unspecified atom stereocenters. The van der Waals surface area contributed by atoms with E-state index >= 15 is 0 Å². The van der Waals surface area contributed by atoms with Gasteiger partial charge < -0.3 is 5.32 Å². The average Bonchev–Trinajstić information content (AvgIpc) is 2.83. The number of anilines is 1. The van der Waals surface area contributed by atoms with Gasteiger partial charge in [0.25, 0.3) is 21.4 Å². The second-order valence-electron chi connectivity index (χ2n) is 8.17. The first kappa shape index (κ1) is 28.6. The van der Waals surface area contributed by atoms with Gasteiger partial charge in [0, 0.05) is 42.5 Å². The lowest BCUT2D eigenvalue weighted by Gasteiger charge is -2.34. The highest BCUT2D eigenvalue weighted by atomic mass is 35.5. The predicted octanol–water partition coefficient (Wildman–Crippen LogP) is 4.07. The van der Waals surface area contributed by atoms with Crippen LogP contribution in [0.4, 0.5) is 32.0 Å². The molecule has 3 rings (SSSR count). The number of benzene rings is 1. The van der Waals surface area contributed by atoms with E-state index in [-0.39, 0.29) is 24.1 Å². The number of sulfone groups is 1. The fourth-order valence-electron chi connectivity index (χ4n) is 3.76. The molecule has 2 atom stereocenters. The van der Waals surface area contributed by atoms with Crippen molar-refractivity contribution in [1.82, 2.24) is 15.3 Å². The molecule has 1 aromatic carbocycles. The molecule has 0 radical (unpaired) electrons. The Labute approximate surface area is 211 Å². The summed E-state index contributed by atoms with van der Waals surface area (Å²) >= 11 is 5.35. The van der Waals surface area contributed by atoms with Gasteiger partial charge >= 0.3 is 5.51 Å². The molecule has 1 saturated carbocycles. The van der Waals surface area contributed by atoms with Crippen LogP contribution >= 0.6 is 11.6 Å². The molecule has 1 heterocycles. The Morgan fingerprint density at radius 2 is 1.62 bits per heavy atom. The summed E-state index contributed by atoms with van der Waals surface area (Å²) in [5.41, 5.74) is -8.77. The van der Waals surface area contributed by atoms with E-state index in [0.29, 0.717) is 17.0 Å². The van der Waals surface area contributed by atoms with Gasteiger partial charge in [0.05, 0.1) is 4.90 Å². The second-order valence-corrected chi connectivity index (χ2v) is 10.5. The van der Waals surface area contributed by atoms with Crippen molar-refractivity contribution in [3.05, 3.63) is 48.5 Å². The Kier molecular flexibility index (Phi) is 8.37. The van der Waals surface area contributed by atoms with E-state index in [1.807, 2.05) is 0 Å². The fourth-order valence-corrected chi connectivity index (χ4v) is 4.63. The quantitative estimate of drug-likeness (QED) is 0.396. The van der Waals surface area contributed by atoms with E-state index in [9.17, 15) is 44.3 Å². The van der Waals surface area contributed by atoms with Crippen molar-refractivity contribution in [1.29, 1.82) is 0 Å². The minimum Gasteiger partial charge on any atom is -0.351 e. The van der Waals surface area contributed by atoms with E-state index in [2.05, 4.69) is 15.3 Å². The maximum absolute atomic E-state index is 14.0. The van der Waals surface area contributed by atoms with Crippen LogP contribution in [0.5, 0.6) is 0 Å². The highest BCUT2D eigenvalue weighted by molar-refractivity contribution is 7.92. The molecule has 1 N–H and O–H groups in total. The monoisotopic (exact) mass is 572 g/mol. The summed E-state index contributed by atoms with van der Waals surface area (Å²) in [7, 11) is -5.74. The molecule has 0 aliphatic heterocycles. The lowest BCUT2D eigenvalue weighted by atomic mass is 9.92. The smallest absolute Gasteiger partial charge is 0.351 e. The molecule has 0 bridgehead atoms. The van der Waals surface area contributed by atoms with Crippen molar-refractivity contribution in [3.8, 4) is 0 Å². The van der Waals surface area contributed by atoms with Gasteiger partial charge in [-0.15, -0.1) is 0 Å². The minimum absolute atomic E-state index is 0.0706. The third-order valence-electron chi connectivity index (χ3n) is 5.62. The molecule has 1 fully saturated rings. The van der Waals surface area contributed by atoms with Gasteiger partial charge in [-0.3, -0.25) is 14.5 Å². The number of hydrogen-bond donors (Lipinski definition) is 1. The van der Waals surface area contributed by atoms with Crippen molar-refractivity contribution in [3.63, 3.8) is 0 Å². The lowest BCUT2D eigenvalue weighted by molar-refractivity contribution is -0.128. The van der Waals surface area contributed by atoms with E-state index in [4.69, 9.17) is 11.6 Å². The third kappa shape index (κ3) is 6.50. The average molecular weight is 573 g/mol. The number of halogens is 7. The van der Waals surface area contributed by atoms with E-state index in [0.717, 1.165) is 30.9 Å². The highest BCUT2D eigenvalue weighted by Gasteiger charge is 2.47. The van der Waals surface area contributed by atoms with Crippen molar-refractivity contribution < 1.29 is 44.3 Å². The first-order valence-electron chi connectivity index (χ1n) is 10.6. The third-order valence-corrected chi connectivity index (χ3v) is 7.31. The van der Waals surface area contributed by atoms with E-state index in [1.54, 1.807) is 0 Å². The minimum atomic E-state index is -5.74. The number of nitrogens with one attached hydrogen (secondary N) is 1. The Bertz CT molecular complexity index is 1220. The van der Waals surface area contributed by atoms with Crippen LogP contribution in [0.25, 0.3) is 0 Å². The number of amides is 2. The van der Waals surface area contributed by atoms with Crippen LogP contribution < -0.4 is 10.2 Å². The number of carbonyl (C=O) groups is 2. The molecule has 0 spiro atoms. The van der Waals surface area contributed by atoms with Crippen molar-refractivity contribution in [2.24, 2.45) is 0 Å². The molecule has 1 aliphatic carbocycles. The molecule has 202 valence electrons. The summed E-state index contributed by atoms with van der Waals surface area (Å²) in [6, 6.07) is 0.132. The van der Waals surface area contributed by atoms with E-state index < -0.39 is 68.5 Å². The van der Waals surface area contributed by atoms with Gasteiger partial charge in [0.15, 0.2) is 0 Å². The topological polar surface area (TPSA) is 109 Å². The zero-order chi connectivity index (χ0) is 27.6.